The molecule has 0 saturated carbocycles. The summed E-state index contributed by atoms with van der Waals surface area (Å²) in [4.78, 5) is 11.8. The summed E-state index contributed by atoms with van der Waals surface area (Å²) < 4.78 is 29.2. The third-order valence-corrected chi connectivity index (χ3v) is 7.92. The van der Waals surface area contributed by atoms with Gasteiger partial charge in [-0.1, -0.05) is 84.0 Å². The highest BCUT2D eigenvalue weighted by molar-refractivity contribution is 7.54. The van der Waals surface area contributed by atoms with Gasteiger partial charge in [-0.3, -0.25) is 4.52 Å². The van der Waals surface area contributed by atoms with E-state index >= 15 is 0 Å². The van der Waals surface area contributed by atoms with E-state index in [0.29, 0.717) is 37.1 Å². The molecule has 0 spiro atoms. The zero-order valence-corrected chi connectivity index (χ0v) is 19.5. The first-order valence-corrected chi connectivity index (χ1v) is 13.6. The highest BCUT2D eigenvalue weighted by Gasteiger charge is 2.40. The number of allylic oxidation sites excluding steroid dienone is 1. The van der Waals surface area contributed by atoms with Crippen LogP contribution in [0.25, 0.3) is 0 Å². The lowest BCUT2D eigenvalue weighted by atomic mass is 9.99. The van der Waals surface area contributed by atoms with E-state index in [0.717, 1.165) is 12.8 Å². The molecule has 5 nitrogen and oxygen atoms in total. The minimum absolute atomic E-state index is 0.00161. The van der Waals surface area contributed by atoms with Crippen molar-refractivity contribution < 1.29 is 23.1 Å². The van der Waals surface area contributed by atoms with Gasteiger partial charge in [-0.25, -0.2) is 9.36 Å². The van der Waals surface area contributed by atoms with Crippen molar-refractivity contribution in [3.63, 3.8) is 0 Å². The van der Waals surface area contributed by atoms with Crippen LogP contribution in [0.1, 0.15) is 104 Å². The molecule has 0 amide bonds. The fourth-order valence-electron chi connectivity index (χ4n) is 4.19. The fourth-order valence-corrected chi connectivity index (χ4v) is 6.02. The van der Waals surface area contributed by atoms with Gasteiger partial charge in [0.05, 0.1) is 24.9 Å². The van der Waals surface area contributed by atoms with Crippen LogP contribution in [0.2, 0.25) is 0 Å². The Bertz CT molecular complexity index is 572. The second-order valence-electron chi connectivity index (χ2n) is 8.56. The number of ether oxygens (including phenoxy) is 1. The SMILES string of the molecule is CCCCCCCCCCCCCCCO[P@]1(=O)CC[C@@H]2COC(=O)C2=C(C)O1. The molecule has 0 radical (unpaired) electrons. The van der Waals surface area contributed by atoms with E-state index in [1.807, 2.05) is 0 Å². The Morgan fingerprint density at radius 1 is 0.931 bits per heavy atom. The van der Waals surface area contributed by atoms with Crippen LogP contribution in [0.4, 0.5) is 0 Å². The van der Waals surface area contributed by atoms with Crippen molar-refractivity contribution in [3.8, 4) is 0 Å². The summed E-state index contributed by atoms with van der Waals surface area (Å²) in [5.41, 5.74) is 0.548. The van der Waals surface area contributed by atoms with Crippen LogP contribution >= 0.6 is 7.60 Å². The average molecular weight is 429 g/mol. The molecule has 1 saturated heterocycles. The number of rotatable bonds is 15. The molecule has 0 aromatic carbocycles. The Kier molecular flexibility index (Phi) is 11.4. The maximum Gasteiger partial charge on any atom is 0.378 e. The first-order valence-electron chi connectivity index (χ1n) is 11.9. The summed E-state index contributed by atoms with van der Waals surface area (Å²) in [6, 6.07) is 0. The lowest BCUT2D eigenvalue weighted by Gasteiger charge is -2.18. The van der Waals surface area contributed by atoms with E-state index in [4.69, 9.17) is 13.8 Å². The maximum absolute atomic E-state index is 12.9. The van der Waals surface area contributed by atoms with Gasteiger partial charge < -0.3 is 9.26 Å². The van der Waals surface area contributed by atoms with Crippen LogP contribution in [-0.2, 0) is 23.1 Å². The molecule has 29 heavy (non-hydrogen) atoms. The quantitative estimate of drug-likeness (QED) is 0.157. The van der Waals surface area contributed by atoms with E-state index in [9.17, 15) is 9.36 Å². The number of fused-ring (bicyclic) bond motifs is 1. The zero-order valence-electron chi connectivity index (χ0n) is 18.6. The minimum Gasteiger partial charge on any atom is -0.462 e. The fraction of sp³-hybridized carbons (Fsp3) is 0.870. The molecule has 1 fully saturated rings. The Morgan fingerprint density at radius 3 is 2.07 bits per heavy atom. The van der Waals surface area contributed by atoms with Crippen molar-refractivity contribution in [2.24, 2.45) is 5.92 Å². The summed E-state index contributed by atoms with van der Waals surface area (Å²) in [5.74, 6) is 0.0828. The highest BCUT2D eigenvalue weighted by Crippen LogP contribution is 2.55. The van der Waals surface area contributed by atoms with Crippen molar-refractivity contribution in [3.05, 3.63) is 11.3 Å². The van der Waals surface area contributed by atoms with Gasteiger partial charge in [-0.2, -0.15) is 0 Å². The summed E-state index contributed by atoms with van der Waals surface area (Å²) in [7, 11) is -3.14. The lowest BCUT2D eigenvalue weighted by Crippen LogP contribution is -2.05. The van der Waals surface area contributed by atoms with Crippen molar-refractivity contribution in [1.82, 2.24) is 0 Å². The Balaban J connectivity index is 1.47. The predicted molar refractivity (Wildman–Crippen MR) is 117 cm³/mol. The monoisotopic (exact) mass is 428 g/mol. The Hall–Kier alpha value is -0.800. The smallest absolute Gasteiger partial charge is 0.378 e. The molecule has 0 aromatic rings. The van der Waals surface area contributed by atoms with Gasteiger partial charge in [0, 0.05) is 5.92 Å². The first-order chi connectivity index (χ1) is 14.1. The zero-order chi connectivity index (χ0) is 21.0. The van der Waals surface area contributed by atoms with E-state index in [1.54, 1.807) is 6.92 Å². The molecule has 0 aliphatic carbocycles. The molecule has 2 rings (SSSR count). The second-order valence-corrected chi connectivity index (χ2v) is 10.7. The third-order valence-electron chi connectivity index (χ3n) is 5.99. The molecule has 0 bridgehead atoms. The number of carbonyl (C=O) groups is 1. The molecule has 2 atom stereocenters. The van der Waals surface area contributed by atoms with Crippen molar-refractivity contribution in [2.75, 3.05) is 19.4 Å². The third kappa shape index (κ3) is 8.84. The van der Waals surface area contributed by atoms with Crippen molar-refractivity contribution in [2.45, 2.75) is 104 Å². The summed E-state index contributed by atoms with van der Waals surface area (Å²) in [5, 5.41) is 0. The lowest BCUT2D eigenvalue weighted by molar-refractivity contribution is -0.135. The summed E-state index contributed by atoms with van der Waals surface area (Å²) in [6.07, 6.45) is 17.8. The Labute approximate surface area is 177 Å². The van der Waals surface area contributed by atoms with Crippen LogP contribution in [0.15, 0.2) is 11.3 Å². The topological polar surface area (TPSA) is 61.8 Å². The normalized spacial score (nSPS) is 24.2. The molecule has 0 aromatic heterocycles. The van der Waals surface area contributed by atoms with Crippen LogP contribution in [-0.4, -0.2) is 25.3 Å². The van der Waals surface area contributed by atoms with Crippen molar-refractivity contribution in [1.29, 1.82) is 0 Å². The largest absolute Gasteiger partial charge is 0.462 e. The van der Waals surface area contributed by atoms with Crippen LogP contribution in [0.3, 0.4) is 0 Å². The van der Waals surface area contributed by atoms with Gasteiger partial charge in [0.1, 0.15) is 5.76 Å². The van der Waals surface area contributed by atoms with Gasteiger partial charge in [-0.15, -0.1) is 0 Å². The van der Waals surface area contributed by atoms with Gasteiger partial charge in [0.2, 0.25) is 0 Å². The summed E-state index contributed by atoms with van der Waals surface area (Å²) >= 11 is 0. The van der Waals surface area contributed by atoms with Gasteiger partial charge in [-0.05, 0) is 19.8 Å². The molecular weight excluding hydrogens is 387 g/mol. The van der Waals surface area contributed by atoms with Gasteiger partial charge in [0.15, 0.2) is 0 Å². The number of hydrogen-bond donors (Lipinski definition) is 0. The number of unbranched alkanes of at least 4 members (excludes halogenated alkanes) is 12. The standard InChI is InChI=1S/C23H41O5P/c1-3-4-5-6-7-8-9-10-11-12-13-14-15-17-27-29(25)18-16-21-19-26-23(24)22(21)20(2)28-29/h21H,3-19H2,1-2H3/t21-,29-/m1/s1. The van der Waals surface area contributed by atoms with Crippen molar-refractivity contribution >= 4 is 13.6 Å². The number of cyclic esters (lactones) is 1. The number of hydrogen-bond acceptors (Lipinski definition) is 5. The van der Waals surface area contributed by atoms with Crippen LogP contribution in [0, 0.1) is 5.92 Å². The van der Waals surface area contributed by atoms with Gasteiger partial charge >= 0.3 is 13.6 Å². The number of esters is 1. The minimum atomic E-state index is -3.14. The van der Waals surface area contributed by atoms with E-state index < -0.39 is 7.60 Å². The molecule has 0 unspecified atom stereocenters. The van der Waals surface area contributed by atoms with E-state index in [2.05, 4.69) is 6.92 Å². The maximum atomic E-state index is 12.9. The predicted octanol–water partition coefficient (Wildman–Crippen LogP) is 7.15. The van der Waals surface area contributed by atoms with Crippen LogP contribution in [0.5, 0.6) is 0 Å². The van der Waals surface area contributed by atoms with Crippen LogP contribution < -0.4 is 0 Å². The molecule has 0 N–H and O–H groups in total. The highest BCUT2D eigenvalue weighted by atomic mass is 31.2. The van der Waals surface area contributed by atoms with E-state index in [-0.39, 0.29) is 11.9 Å². The average Bonchev–Trinajstić information content (AvgIpc) is 3.01. The molecular formula is C23H41O5P. The van der Waals surface area contributed by atoms with E-state index in [1.165, 1.54) is 70.6 Å². The summed E-state index contributed by atoms with van der Waals surface area (Å²) in [6.45, 7) is 4.79. The Morgan fingerprint density at radius 2 is 1.48 bits per heavy atom. The molecule has 2 heterocycles. The molecule has 2 aliphatic heterocycles. The first kappa shape index (κ1) is 24.5. The molecule has 168 valence electrons. The molecule has 6 heteroatoms. The molecule has 2 aliphatic rings. The van der Waals surface area contributed by atoms with Gasteiger partial charge in [0.25, 0.3) is 0 Å². The number of carbonyl (C=O) groups excluding carboxylic acids is 1. The second kappa shape index (κ2) is 13.5.